The Kier molecular flexibility index (Phi) is 6.05. The van der Waals surface area contributed by atoms with E-state index in [1.807, 2.05) is 38.1 Å². The summed E-state index contributed by atoms with van der Waals surface area (Å²) in [7, 11) is 0. The third-order valence-corrected chi connectivity index (χ3v) is 3.78. The summed E-state index contributed by atoms with van der Waals surface area (Å²) in [6.45, 7) is 4.10. The predicted octanol–water partition coefficient (Wildman–Crippen LogP) is 3.66. The molecular formula is C14H19BrClN3O. The number of nitrogens with one attached hydrogen (secondary N) is 2. The van der Waals surface area contributed by atoms with E-state index in [0.29, 0.717) is 18.2 Å². The highest BCUT2D eigenvalue weighted by molar-refractivity contribution is 9.10. The fourth-order valence-electron chi connectivity index (χ4n) is 2.02. The van der Waals surface area contributed by atoms with Crippen molar-refractivity contribution in [3.05, 3.63) is 28.7 Å². The first-order valence-corrected chi connectivity index (χ1v) is 7.11. The number of amides is 1. The monoisotopic (exact) mass is 359 g/mol. The molecule has 6 heteroatoms. The summed E-state index contributed by atoms with van der Waals surface area (Å²) in [5.41, 5.74) is 6.84. The van der Waals surface area contributed by atoms with Crippen LogP contribution in [0.1, 0.15) is 20.3 Å². The number of benzene rings is 1. The van der Waals surface area contributed by atoms with Gasteiger partial charge in [-0.25, -0.2) is 0 Å². The average molecular weight is 361 g/mol. The second kappa shape index (κ2) is 7.11. The quantitative estimate of drug-likeness (QED) is 0.778. The van der Waals surface area contributed by atoms with Gasteiger partial charge in [0.2, 0.25) is 5.91 Å². The van der Waals surface area contributed by atoms with E-state index in [4.69, 9.17) is 5.73 Å². The number of nitrogens with two attached hydrogens (primary N) is 1. The smallest absolute Gasteiger partial charge is 0.242 e. The van der Waals surface area contributed by atoms with Gasteiger partial charge in [0.1, 0.15) is 5.82 Å². The van der Waals surface area contributed by atoms with Crippen LogP contribution in [0, 0.1) is 5.92 Å². The van der Waals surface area contributed by atoms with Crippen LogP contribution >= 0.6 is 28.3 Å². The van der Waals surface area contributed by atoms with Gasteiger partial charge in [0.15, 0.2) is 0 Å². The Balaban J connectivity index is 0.00000200. The molecule has 0 saturated carbocycles. The number of fused-ring (bicyclic) bond motifs is 1. The van der Waals surface area contributed by atoms with Gasteiger partial charge in [-0.15, -0.1) is 12.4 Å². The molecule has 0 aliphatic heterocycles. The van der Waals surface area contributed by atoms with Crippen LogP contribution in [0.2, 0.25) is 0 Å². The molecule has 4 nitrogen and oxygen atoms in total. The third-order valence-electron chi connectivity index (χ3n) is 2.95. The number of carbonyl (C=O) groups excluding carboxylic acids is 1. The van der Waals surface area contributed by atoms with E-state index in [1.165, 1.54) is 0 Å². The maximum atomic E-state index is 12.0. The molecule has 0 unspecified atom stereocenters. The molecule has 20 heavy (non-hydrogen) atoms. The molecular weight excluding hydrogens is 342 g/mol. The standard InChI is InChI=1S/C14H18BrN3O.ClH/c1-8(2)7-10(16)14(19)18-13-12(15)9-5-3-4-6-11(9)17-13;/h3-6,8,10,17H,7,16H2,1-2H3,(H,18,19);1H/t10-;/m0./s1. The van der Waals surface area contributed by atoms with Crippen molar-refractivity contribution in [1.29, 1.82) is 0 Å². The summed E-state index contributed by atoms with van der Waals surface area (Å²) in [6, 6.07) is 7.36. The largest absolute Gasteiger partial charge is 0.340 e. The van der Waals surface area contributed by atoms with E-state index in [1.54, 1.807) is 0 Å². The van der Waals surface area contributed by atoms with Crippen molar-refractivity contribution in [2.45, 2.75) is 26.3 Å². The minimum atomic E-state index is -0.488. The molecule has 1 amide bonds. The van der Waals surface area contributed by atoms with Gasteiger partial charge in [-0.2, -0.15) is 0 Å². The van der Waals surface area contributed by atoms with Gasteiger partial charge in [-0.3, -0.25) is 4.79 Å². The predicted molar refractivity (Wildman–Crippen MR) is 89.3 cm³/mol. The van der Waals surface area contributed by atoms with Crippen molar-refractivity contribution in [3.63, 3.8) is 0 Å². The lowest BCUT2D eigenvalue weighted by atomic mass is 10.0. The number of hydrogen-bond acceptors (Lipinski definition) is 2. The van der Waals surface area contributed by atoms with Crippen LogP contribution < -0.4 is 11.1 Å². The van der Waals surface area contributed by atoms with E-state index < -0.39 is 6.04 Å². The Hall–Kier alpha value is -1.04. The van der Waals surface area contributed by atoms with Crippen molar-refractivity contribution in [2.24, 2.45) is 11.7 Å². The number of para-hydroxylation sites is 1. The Bertz CT molecular complexity index is 597. The van der Waals surface area contributed by atoms with Gasteiger partial charge in [0, 0.05) is 10.9 Å². The first-order valence-electron chi connectivity index (χ1n) is 6.31. The first-order chi connectivity index (χ1) is 8.99. The van der Waals surface area contributed by atoms with E-state index in [9.17, 15) is 4.79 Å². The number of carbonyl (C=O) groups is 1. The number of aromatic nitrogens is 1. The summed E-state index contributed by atoms with van der Waals surface area (Å²) < 4.78 is 0.855. The number of anilines is 1. The second-order valence-electron chi connectivity index (χ2n) is 5.08. The zero-order valence-electron chi connectivity index (χ0n) is 11.4. The van der Waals surface area contributed by atoms with Crippen LogP contribution in [0.3, 0.4) is 0 Å². The van der Waals surface area contributed by atoms with Crippen LogP contribution in [0.15, 0.2) is 28.7 Å². The van der Waals surface area contributed by atoms with Gasteiger partial charge >= 0.3 is 0 Å². The molecule has 0 saturated heterocycles. The summed E-state index contributed by atoms with van der Waals surface area (Å²) in [4.78, 5) is 15.2. The van der Waals surface area contributed by atoms with E-state index in [-0.39, 0.29) is 18.3 Å². The number of rotatable bonds is 4. The zero-order chi connectivity index (χ0) is 14.0. The van der Waals surface area contributed by atoms with Gasteiger partial charge in [-0.05, 0) is 34.3 Å². The van der Waals surface area contributed by atoms with Crippen molar-refractivity contribution in [1.82, 2.24) is 4.98 Å². The van der Waals surface area contributed by atoms with Crippen molar-refractivity contribution in [3.8, 4) is 0 Å². The van der Waals surface area contributed by atoms with Gasteiger partial charge in [0.05, 0.1) is 10.5 Å². The summed E-state index contributed by atoms with van der Waals surface area (Å²) in [5, 5.41) is 3.88. The molecule has 1 atom stereocenters. The molecule has 4 N–H and O–H groups in total. The minimum Gasteiger partial charge on any atom is -0.340 e. The fourth-order valence-corrected chi connectivity index (χ4v) is 2.57. The zero-order valence-corrected chi connectivity index (χ0v) is 13.8. The molecule has 1 aromatic heterocycles. The fraction of sp³-hybridized carbons (Fsp3) is 0.357. The van der Waals surface area contributed by atoms with E-state index >= 15 is 0 Å². The molecule has 2 aromatic rings. The molecule has 0 aliphatic carbocycles. The maximum Gasteiger partial charge on any atom is 0.242 e. The average Bonchev–Trinajstić information content (AvgIpc) is 2.66. The minimum absolute atomic E-state index is 0. The topological polar surface area (TPSA) is 70.9 Å². The SMILES string of the molecule is CC(C)C[C@H](N)C(=O)Nc1[nH]c2ccccc2c1Br.Cl. The van der Waals surface area contributed by atoms with E-state index in [2.05, 4.69) is 26.2 Å². The Morgan fingerprint density at radius 2 is 2.05 bits per heavy atom. The lowest BCUT2D eigenvalue weighted by molar-refractivity contribution is -0.117. The highest BCUT2D eigenvalue weighted by Crippen LogP contribution is 2.31. The Labute approximate surface area is 133 Å². The van der Waals surface area contributed by atoms with Crippen molar-refractivity contribution in [2.75, 3.05) is 5.32 Å². The van der Waals surface area contributed by atoms with Crippen LogP contribution in [0.25, 0.3) is 10.9 Å². The molecule has 0 aliphatic rings. The number of H-pyrrole nitrogens is 1. The summed E-state index contributed by atoms with van der Waals surface area (Å²) in [6.07, 6.45) is 0.670. The number of hydrogen-bond donors (Lipinski definition) is 3. The van der Waals surface area contributed by atoms with Crippen LogP contribution in [0.5, 0.6) is 0 Å². The van der Waals surface area contributed by atoms with Crippen LogP contribution in [-0.4, -0.2) is 16.9 Å². The molecule has 2 rings (SSSR count). The molecule has 110 valence electrons. The maximum absolute atomic E-state index is 12.0. The van der Waals surface area contributed by atoms with Gasteiger partial charge in [-0.1, -0.05) is 32.0 Å². The normalized spacial score (nSPS) is 12.2. The van der Waals surface area contributed by atoms with Crippen molar-refractivity contribution >= 4 is 51.0 Å². The molecule has 0 bridgehead atoms. The third kappa shape index (κ3) is 3.75. The van der Waals surface area contributed by atoms with Crippen LogP contribution in [-0.2, 0) is 4.79 Å². The summed E-state index contributed by atoms with van der Waals surface area (Å²) in [5.74, 6) is 0.887. The molecule has 0 fully saturated rings. The number of halogens is 2. The Morgan fingerprint density at radius 1 is 1.40 bits per heavy atom. The van der Waals surface area contributed by atoms with Crippen LogP contribution in [0.4, 0.5) is 5.82 Å². The van der Waals surface area contributed by atoms with E-state index in [0.717, 1.165) is 15.4 Å². The lowest BCUT2D eigenvalue weighted by Crippen LogP contribution is -2.36. The molecule has 1 aromatic carbocycles. The molecule has 0 spiro atoms. The highest BCUT2D eigenvalue weighted by atomic mass is 79.9. The molecule has 0 radical (unpaired) electrons. The van der Waals surface area contributed by atoms with Crippen molar-refractivity contribution < 1.29 is 4.79 Å². The Morgan fingerprint density at radius 3 is 2.65 bits per heavy atom. The first kappa shape index (κ1) is 17.0. The van der Waals surface area contributed by atoms with Gasteiger partial charge in [0.25, 0.3) is 0 Å². The second-order valence-corrected chi connectivity index (χ2v) is 5.88. The summed E-state index contributed by atoms with van der Waals surface area (Å²) >= 11 is 3.49. The molecule has 1 heterocycles. The number of aromatic amines is 1. The lowest BCUT2D eigenvalue weighted by Gasteiger charge is -2.13. The highest BCUT2D eigenvalue weighted by Gasteiger charge is 2.17. The van der Waals surface area contributed by atoms with Gasteiger partial charge < -0.3 is 16.0 Å².